The Labute approximate surface area is 273 Å². The van der Waals surface area contributed by atoms with Crippen LogP contribution in [0.1, 0.15) is 0 Å². The first-order valence-electron chi connectivity index (χ1n) is 15.5. The highest BCUT2D eigenvalue weighted by Gasteiger charge is 2.51. The van der Waals surface area contributed by atoms with E-state index in [9.17, 15) is 0 Å². The number of hydrogen-bond acceptors (Lipinski definition) is 5. The lowest BCUT2D eigenvalue weighted by Crippen LogP contribution is -2.46. The Morgan fingerprint density at radius 3 is 1.17 bits per heavy atom. The molecule has 2 aliphatic heterocycles. The molecule has 0 N–H and O–H groups in total. The maximum absolute atomic E-state index is 15.9. The molecule has 2 unspecified atom stereocenters. The Balaban J connectivity index is 1.43. The van der Waals surface area contributed by atoms with Gasteiger partial charge in [-0.15, -0.1) is 0 Å². The zero-order chi connectivity index (χ0) is 31.6. The Hall–Kier alpha value is -5.34. The molecular weight excluding hydrogens is 616 g/mol. The SMILES string of the molecule is O=P1(c2ccccc2)c2ccc(-c3ccccc3)nc2N2c3nc(-c4ccccc4)ccc3P(=O)(c3ccccc3)c3cccc1c32. The Kier molecular flexibility index (Phi) is 6.30. The third-order valence-electron chi connectivity index (χ3n) is 9.09. The summed E-state index contributed by atoms with van der Waals surface area (Å²) in [6.45, 7) is 0. The molecule has 0 bridgehead atoms. The highest BCUT2D eigenvalue weighted by molar-refractivity contribution is 7.88. The third-order valence-corrected chi connectivity index (χ3v) is 15.3. The van der Waals surface area contributed by atoms with E-state index in [4.69, 9.17) is 9.97 Å². The second-order valence-corrected chi connectivity index (χ2v) is 17.1. The summed E-state index contributed by atoms with van der Waals surface area (Å²) in [5.74, 6) is 1.08. The minimum absolute atomic E-state index is 0.539. The standard InChI is InChI=1S/C40H27N3O2P2/c44-46(30-18-9-3-10-19-30)34-22-13-23-35-38(34)43(39-36(46)26-24-32(41-39)28-14-5-1-6-15-28)40-37(47(35,45)31-20-11-4-12-21-31)27-25-33(42-40)29-16-7-2-8-17-29/h1-27H. The molecule has 5 aromatic carbocycles. The highest BCUT2D eigenvalue weighted by atomic mass is 31.2. The van der Waals surface area contributed by atoms with Crippen LogP contribution in [0.2, 0.25) is 0 Å². The molecule has 0 spiro atoms. The molecule has 0 fully saturated rings. The van der Waals surface area contributed by atoms with Crippen LogP contribution < -0.4 is 36.7 Å². The zero-order valence-corrected chi connectivity index (χ0v) is 26.9. The predicted molar refractivity (Wildman–Crippen MR) is 193 cm³/mol. The number of anilines is 3. The number of rotatable bonds is 4. The summed E-state index contributed by atoms with van der Waals surface area (Å²) in [7, 11) is -6.97. The van der Waals surface area contributed by atoms with Crippen molar-refractivity contribution in [3.05, 3.63) is 164 Å². The lowest BCUT2D eigenvalue weighted by molar-refractivity contribution is 0.592. The summed E-state index contributed by atoms with van der Waals surface area (Å²) in [5.41, 5.74) is 4.04. The van der Waals surface area contributed by atoms with Crippen LogP contribution in [-0.4, -0.2) is 9.97 Å². The molecule has 9 rings (SSSR count). The summed E-state index contributed by atoms with van der Waals surface area (Å²) >= 11 is 0. The van der Waals surface area contributed by atoms with Gasteiger partial charge in [-0.3, -0.25) is 4.90 Å². The van der Waals surface area contributed by atoms with E-state index in [1.165, 1.54) is 0 Å². The van der Waals surface area contributed by atoms with Gasteiger partial charge in [-0.05, 0) is 36.4 Å². The maximum Gasteiger partial charge on any atom is 0.176 e. The van der Waals surface area contributed by atoms with E-state index in [0.29, 0.717) is 49.2 Å². The van der Waals surface area contributed by atoms with Crippen molar-refractivity contribution >= 4 is 63.4 Å². The van der Waals surface area contributed by atoms with Gasteiger partial charge in [-0.2, -0.15) is 0 Å². The first-order valence-corrected chi connectivity index (χ1v) is 18.9. The first-order chi connectivity index (χ1) is 23.1. The molecule has 47 heavy (non-hydrogen) atoms. The van der Waals surface area contributed by atoms with Gasteiger partial charge in [0.05, 0.1) is 27.7 Å². The van der Waals surface area contributed by atoms with Crippen molar-refractivity contribution < 1.29 is 9.13 Å². The number of aromatic nitrogens is 2. The predicted octanol–water partition coefficient (Wildman–Crippen LogP) is 7.19. The van der Waals surface area contributed by atoms with Gasteiger partial charge in [0.1, 0.15) is 0 Å². The second kappa shape index (κ2) is 10.6. The van der Waals surface area contributed by atoms with Crippen molar-refractivity contribution in [2.75, 3.05) is 4.90 Å². The molecule has 0 saturated heterocycles. The zero-order valence-electron chi connectivity index (χ0n) is 25.1. The van der Waals surface area contributed by atoms with Gasteiger partial charge in [-0.1, -0.05) is 127 Å². The van der Waals surface area contributed by atoms with Gasteiger partial charge < -0.3 is 9.13 Å². The van der Waals surface area contributed by atoms with Gasteiger partial charge >= 0.3 is 0 Å². The van der Waals surface area contributed by atoms with Crippen LogP contribution >= 0.6 is 14.3 Å². The minimum atomic E-state index is -3.48. The molecule has 5 nitrogen and oxygen atoms in total. The fraction of sp³-hybridized carbons (Fsp3) is 0. The van der Waals surface area contributed by atoms with Gasteiger partial charge in [0.25, 0.3) is 0 Å². The lowest BCUT2D eigenvalue weighted by Gasteiger charge is -2.43. The molecule has 2 aromatic heterocycles. The summed E-state index contributed by atoms with van der Waals surface area (Å²) in [5, 5.41) is 3.93. The van der Waals surface area contributed by atoms with Crippen LogP contribution in [0.3, 0.4) is 0 Å². The molecule has 0 aliphatic carbocycles. The van der Waals surface area contributed by atoms with Crippen LogP contribution in [0.4, 0.5) is 17.3 Å². The molecule has 0 amide bonds. The fourth-order valence-electron chi connectivity index (χ4n) is 6.90. The third kappa shape index (κ3) is 4.04. The van der Waals surface area contributed by atoms with Gasteiger partial charge in [0, 0.05) is 32.3 Å². The van der Waals surface area contributed by atoms with Crippen molar-refractivity contribution in [1.82, 2.24) is 9.97 Å². The van der Waals surface area contributed by atoms with Crippen molar-refractivity contribution in [3.8, 4) is 22.5 Å². The summed E-state index contributed by atoms with van der Waals surface area (Å²) in [6.07, 6.45) is 0. The molecule has 0 saturated carbocycles. The van der Waals surface area contributed by atoms with Crippen LogP contribution in [-0.2, 0) is 9.13 Å². The Morgan fingerprint density at radius 2 is 0.766 bits per heavy atom. The molecule has 7 heteroatoms. The summed E-state index contributed by atoms with van der Waals surface area (Å²) in [4.78, 5) is 12.6. The van der Waals surface area contributed by atoms with E-state index in [2.05, 4.69) is 0 Å². The average Bonchev–Trinajstić information content (AvgIpc) is 3.15. The van der Waals surface area contributed by atoms with Gasteiger partial charge in [-0.25, -0.2) is 9.97 Å². The van der Waals surface area contributed by atoms with Gasteiger partial charge in [0.15, 0.2) is 25.9 Å². The van der Waals surface area contributed by atoms with Crippen LogP contribution in [0.15, 0.2) is 164 Å². The molecule has 2 atom stereocenters. The van der Waals surface area contributed by atoms with E-state index in [1.807, 2.05) is 169 Å². The number of fused-ring (bicyclic) bond motifs is 4. The molecule has 2 aliphatic rings. The fourth-order valence-corrected chi connectivity index (χ4v) is 12.9. The van der Waals surface area contributed by atoms with Crippen molar-refractivity contribution in [1.29, 1.82) is 0 Å². The van der Waals surface area contributed by atoms with E-state index in [-0.39, 0.29) is 0 Å². The van der Waals surface area contributed by atoms with Crippen molar-refractivity contribution in [3.63, 3.8) is 0 Å². The molecule has 0 radical (unpaired) electrons. The highest BCUT2D eigenvalue weighted by Crippen LogP contribution is 2.59. The van der Waals surface area contributed by atoms with E-state index < -0.39 is 14.3 Å². The van der Waals surface area contributed by atoms with Crippen molar-refractivity contribution in [2.24, 2.45) is 0 Å². The quantitative estimate of drug-likeness (QED) is 0.190. The number of benzene rings is 5. The number of pyridine rings is 2. The molecular formula is C40H27N3O2P2. The first kappa shape index (κ1) is 27.9. The maximum atomic E-state index is 15.9. The summed E-state index contributed by atoms with van der Waals surface area (Å²) < 4.78 is 31.9. The number of nitrogens with zero attached hydrogens (tertiary/aromatic N) is 3. The van der Waals surface area contributed by atoms with Crippen LogP contribution in [0.25, 0.3) is 22.5 Å². The topological polar surface area (TPSA) is 63.2 Å². The Bertz CT molecular complexity index is 2250. The van der Waals surface area contributed by atoms with E-state index in [1.54, 1.807) is 0 Å². The Morgan fingerprint density at radius 1 is 0.383 bits per heavy atom. The second-order valence-electron chi connectivity index (χ2n) is 11.7. The van der Waals surface area contributed by atoms with Crippen molar-refractivity contribution in [2.45, 2.75) is 0 Å². The molecule has 224 valence electrons. The smallest absolute Gasteiger partial charge is 0.176 e. The van der Waals surface area contributed by atoms with Crippen LogP contribution in [0.5, 0.6) is 0 Å². The number of para-hydroxylation sites is 1. The largest absolute Gasteiger partial charge is 0.308 e. The molecule has 4 heterocycles. The summed E-state index contributed by atoms with van der Waals surface area (Å²) in [6, 6.07) is 52.7. The minimum Gasteiger partial charge on any atom is -0.308 e. The van der Waals surface area contributed by atoms with Gasteiger partial charge in [0.2, 0.25) is 0 Å². The normalized spacial score (nSPS) is 18.9. The average molecular weight is 644 g/mol. The number of hydrogen-bond donors (Lipinski definition) is 0. The molecule has 7 aromatic rings. The van der Waals surface area contributed by atoms with E-state index in [0.717, 1.165) is 22.5 Å². The monoisotopic (exact) mass is 643 g/mol. The van der Waals surface area contributed by atoms with E-state index >= 15 is 9.13 Å². The lowest BCUT2D eigenvalue weighted by atomic mass is 10.1. The van der Waals surface area contributed by atoms with Crippen LogP contribution in [0, 0.1) is 0 Å².